The first kappa shape index (κ1) is 15.4. The van der Waals surface area contributed by atoms with E-state index in [0.29, 0.717) is 18.9 Å². The number of aliphatic hydroxyl groups is 1. The Morgan fingerprint density at radius 1 is 1.44 bits per heavy atom. The number of rotatable bonds is 6. The Balaban J connectivity index is 2.68. The molecule has 4 heteroatoms. The molecule has 1 aromatic rings. The molecule has 2 nitrogen and oxygen atoms in total. The summed E-state index contributed by atoms with van der Waals surface area (Å²) in [5.41, 5.74) is -1.08. The molecular weight excluding hydrogens is 253 g/mol. The lowest BCUT2D eigenvalue weighted by Crippen LogP contribution is -2.30. The standard InChI is InChI=1S/C14H21ClFNO/c1-10(2)9-17-8-7-14(3,18)13-11(15)5-4-6-12(13)16/h4-6,10,17-18H,7-9H2,1-3H3. The topological polar surface area (TPSA) is 32.3 Å². The summed E-state index contributed by atoms with van der Waals surface area (Å²) >= 11 is 5.96. The molecule has 1 aromatic carbocycles. The summed E-state index contributed by atoms with van der Waals surface area (Å²) in [6, 6.07) is 4.45. The highest BCUT2D eigenvalue weighted by atomic mass is 35.5. The van der Waals surface area contributed by atoms with Crippen molar-refractivity contribution in [2.24, 2.45) is 5.92 Å². The maximum Gasteiger partial charge on any atom is 0.130 e. The van der Waals surface area contributed by atoms with E-state index in [0.717, 1.165) is 6.54 Å². The fourth-order valence-corrected chi connectivity index (χ4v) is 2.23. The zero-order chi connectivity index (χ0) is 13.8. The third kappa shape index (κ3) is 4.23. The summed E-state index contributed by atoms with van der Waals surface area (Å²) in [6.07, 6.45) is 0.417. The highest BCUT2D eigenvalue weighted by molar-refractivity contribution is 6.31. The Labute approximate surface area is 113 Å². The van der Waals surface area contributed by atoms with E-state index in [-0.39, 0.29) is 10.6 Å². The van der Waals surface area contributed by atoms with Crippen molar-refractivity contribution in [2.45, 2.75) is 32.8 Å². The Morgan fingerprint density at radius 2 is 2.11 bits per heavy atom. The summed E-state index contributed by atoms with van der Waals surface area (Å²) in [7, 11) is 0. The van der Waals surface area contributed by atoms with Crippen LogP contribution < -0.4 is 5.32 Å². The van der Waals surface area contributed by atoms with Gasteiger partial charge in [0.2, 0.25) is 0 Å². The van der Waals surface area contributed by atoms with Crippen LogP contribution in [0.3, 0.4) is 0 Å². The van der Waals surface area contributed by atoms with Crippen molar-refractivity contribution in [1.29, 1.82) is 0 Å². The Hall–Kier alpha value is -0.640. The molecule has 0 spiro atoms. The molecule has 0 amide bonds. The summed E-state index contributed by atoms with van der Waals surface area (Å²) < 4.78 is 13.7. The first-order valence-electron chi connectivity index (χ1n) is 6.22. The van der Waals surface area contributed by atoms with Crippen LogP contribution in [-0.4, -0.2) is 18.2 Å². The average Bonchev–Trinajstić information content (AvgIpc) is 2.23. The van der Waals surface area contributed by atoms with Crippen LogP contribution in [0.4, 0.5) is 4.39 Å². The minimum atomic E-state index is -1.26. The molecule has 2 N–H and O–H groups in total. The summed E-state index contributed by atoms with van der Waals surface area (Å²) in [5, 5.41) is 13.8. The van der Waals surface area contributed by atoms with Crippen LogP contribution >= 0.6 is 11.6 Å². The molecule has 0 radical (unpaired) electrons. The third-order valence-corrected chi connectivity index (χ3v) is 3.16. The molecule has 0 heterocycles. The second-order valence-corrected chi connectivity index (χ2v) is 5.63. The van der Waals surface area contributed by atoms with Gasteiger partial charge >= 0.3 is 0 Å². The summed E-state index contributed by atoms with van der Waals surface area (Å²) in [6.45, 7) is 7.31. The predicted octanol–water partition coefficient (Wildman–Crippen LogP) is 3.32. The van der Waals surface area contributed by atoms with Gasteiger partial charge in [0.15, 0.2) is 0 Å². The predicted molar refractivity (Wildman–Crippen MR) is 73.3 cm³/mol. The molecule has 1 atom stereocenters. The maximum absolute atomic E-state index is 13.7. The molecule has 1 unspecified atom stereocenters. The van der Waals surface area contributed by atoms with Crippen LogP contribution in [-0.2, 0) is 5.60 Å². The van der Waals surface area contributed by atoms with Gasteiger partial charge in [0.25, 0.3) is 0 Å². The van der Waals surface area contributed by atoms with Crippen molar-refractivity contribution < 1.29 is 9.50 Å². The van der Waals surface area contributed by atoms with Gasteiger partial charge in [-0.1, -0.05) is 31.5 Å². The average molecular weight is 274 g/mol. The fourth-order valence-electron chi connectivity index (χ4n) is 1.86. The van der Waals surface area contributed by atoms with Crippen LogP contribution in [0.2, 0.25) is 5.02 Å². The largest absolute Gasteiger partial charge is 0.385 e. The quantitative estimate of drug-likeness (QED) is 0.780. The lowest BCUT2D eigenvalue weighted by Gasteiger charge is -2.25. The van der Waals surface area contributed by atoms with Crippen molar-refractivity contribution in [2.75, 3.05) is 13.1 Å². The van der Waals surface area contributed by atoms with Crippen LogP contribution in [0.1, 0.15) is 32.8 Å². The molecule has 102 valence electrons. The van der Waals surface area contributed by atoms with Gasteiger partial charge in [-0.15, -0.1) is 0 Å². The van der Waals surface area contributed by atoms with Gasteiger partial charge in [0.05, 0.1) is 5.60 Å². The molecule has 0 aromatic heterocycles. The van der Waals surface area contributed by atoms with Crippen molar-refractivity contribution in [3.05, 3.63) is 34.6 Å². The van der Waals surface area contributed by atoms with Gasteiger partial charge in [0.1, 0.15) is 5.82 Å². The third-order valence-electron chi connectivity index (χ3n) is 2.84. The number of benzene rings is 1. The molecule has 0 fully saturated rings. The highest BCUT2D eigenvalue weighted by Crippen LogP contribution is 2.32. The number of nitrogens with one attached hydrogen (secondary N) is 1. The van der Waals surface area contributed by atoms with E-state index in [1.54, 1.807) is 13.0 Å². The molecule has 0 aliphatic rings. The van der Waals surface area contributed by atoms with Crippen LogP contribution in [0.25, 0.3) is 0 Å². The minimum absolute atomic E-state index is 0.179. The second kappa shape index (κ2) is 6.50. The van der Waals surface area contributed by atoms with Crippen molar-refractivity contribution >= 4 is 11.6 Å². The zero-order valence-corrected chi connectivity index (χ0v) is 11.9. The lowest BCUT2D eigenvalue weighted by molar-refractivity contribution is 0.0443. The molecule has 0 saturated carbocycles. The van der Waals surface area contributed by atoms with E-state index in [2.05, 4.69) is 19.2 Å². The first-order chi connectivity index (χ1) is 8.34. The van der Waals surface area contributed by atoms with E-state index in [4.69, 9.17) is 11.6 Å². The zero-order valence-electron chi connectivity index (χ0n) is 11.1. The van der Waals surface area contributed by atoms with E-state index in [1.807, 2.05) is 0 Å². The molecule has 0 aliphatic carbocycles. The van der Waals surface area contributed by atoms with Crippen molar-refractivity contribution in [3.8, 4) is 0 Å². The SMILES string of the molecule is CC(C)CNCCC(C)(O)c1c(F)cccc1Cl. The smallest absolute Gasteiger partial charge is 0.130 e. The Bertz CT molecular complexity index is 373. The number of halogens is 2. The number of hydrogen-bond acceptors (Lipinski definition) is 2. The van der Waals surface area contributed by atoms with Gasteiger partial charge in [-0.05, 0) is 44.5 Å². The van der Waals surface area contributed by atoms with Gasteiger partial charge in [-0.3, -0.25) is 0 Å². The highest BCUT2D eigenvalue weighted by Gasteiger charge is 2.28. The monoisotopic (exact) mass is 273 g/mol. The minimum Gasteiger partial charge on any atom is -0.385 e. The molecule has 0 saturated heterocycles. The normalized spacial score (nSPS) is 14.8. The van der Waals surface area contributed by atoms with Gasteiger partial charge in [-0.25, -0.2) is 4.39 Å². The van der Waals surface area contributed by atoms with E-state index >= 15 is 0 Å². The summed E-state index contributed by atoms with van der Waals surface area (Å²) in [5.74, 6) is 0.0864. The summed E-state index contributed by atoms with van der Waals surface area (Å²) in [4.78, 5) is 0. The Morgan fingerprint density at radius 3 is 2.67 bits per heavy atom. The maximum atomic E-state index is 13.7. The van der Waals surface area contributed by atoms with Crippen molar-refractivity contribution in [3.63, 3.8) is 0 Å². The molecular formula is C14H21ClFNO. The fraction of sp³-hybridized carbons (Fsp3) is 0.571. The van der Waals surface area contributed by atoms with E-state index in [1.165, 1.54) is 12.1 Å². The second-order valence-electron chi connectivity index (χ2n) is 5.22. The van der Waals surface area contributed by atoms with Crippen LogP contribution in [0.5, 0.6) is 0 Å². The first-order valence-corrected chi connectivity index (χ1v) is 6.60. The van der Waals surface area contributed by atoms with E-state index < -0.39 is 11.4 Å². The van der Waals surface area contributed by atoms with Gasteiger partial charge < -0.3 is 10.4 Å². The van der Waals surface area contributed by atoms with Gasteiger partial charge in [-0.2, -0.15) is 0 Å². The lowest BCUT2D eigenvalue weighted by atomic mass is 9.92. The van der Waals surface area contributed by atoms with Crippen LogP contribution in [0.15, 0.2) is 18.2 Å². The molecule has 18 heavy (non-hydrogen) atoms. The van der Waals surface area contributed by atoms with Crippen molar-refractivity contribution in [1.82, 2.24) is 5.32 Å². The van der Waals surface area contributed by atoms with Crippen LogP contribution in [0, 0.1) is 11.7 Å². The molecule has 1 rings (SSSR count). The number of hydrogen-bond donors (Lipinski definition) is 2. The molecule has 0 bridgehead atoms. The van der Waals surface area contributed by atoms with E-state index in [9.17, 15) is 9.50 Å². The van der Waals surface area contributed by atoms with Gasteiger partial charge in [0, 0.05) is 10.6 Å². The molecule has 0 aliphatic heterocycles. The Kier molecular flexibility index (Phi) is 5.57.